The fourth-order valence-corrected chi connectivity index (χ4v) is 3.85. The van der Waals surface area contributed by atoms with Crippen molar-refractivity contribution in [1.82, 2.24) is 10.6 Å². The molecule has 0 aromatic carbocycles. The van der Waals surface area contributed by atoms with Crippen molar-refractivity contribution >= 4 is 24.2 Å². The van der Waals surface area contributed by atoms with Crippen LogP contribution >= 0.6 is 12.4 Å². The molecule has 4 N–H and O–H groups in total. The lowest BCUT2D eigenvalue weighted by molar-refractivity contribution is -0.135. The lowest BCUT2D eigenvalue weighted by atomic mass is 9.80. The molecule has 2 aliphatic rings. The summed E-state index contributed by atoms with van der Waals surface area (Å²) < 4.78 is 0. The molecule has 2 rings (SSSR count). The number of nitrogens with two attached hydrogens (primary N) is 1. The number of halogens is 1. The van der Waals surface area contributed by atoms with Gasteiger partial charge in [0.15, 0.2) is 0 Å². The molecule has 2 atom stereocenters. The zero-order chi connectivity index (χ0) is 16.0. The first-order valence-electron chi connectivity index (χ1n) is 8.92. The van der Waals surface area contributed by atoms with E-state index in [1.807, 2.05) is 6.92 Å². The summed E-state index contributed by atoms with van der Waals surface area (Å²) in [6.07, 6.45) is 9.19. The van der Waals surface area contributed by atoms with E-state index in [4.69, 9.17) is 5.73 Å². The Balaban J connectivity index is 0.00000264. The molecule has 0 aliphatic heterocycles. The Bertz CT molecular complexity index is 397. The van der Waals surface area contributed by atoms with Crippen molar-refractivity contribution in [3.05, 3.63) is 0 Å². The summed E-state index contributed by atoms with van der Waals surface area (Å²) in [5.74, 6) is 0.272. The Morgan fingerprint density at radius 1 is 1.13 bits per heavy atom. The average molecular weight is 346 g/mol. The first-order valence-corrected chi connectivity index (χ1v) is 8.92. The van der Waals surface area contributed by atoms with Gasteiger partial charge < -0.3 is 16.4 Å². The summed E-state index contributed by atoms with van der Waals surface area (Å²) >= 11 is 0. The van der Waals surface area contributed by atoms with Crippen LogP contribution in [0.2, 0.25) is 0 Å². The van der Waals surface area contributed by atoms with Crippen LogP contribution < -0.4 is 16.4 Å². The van der Waals surface area contributed by atoms with E-state index in [1.54, 1.807) is 0 Å². The second kappa shape index (κ2) is 9.48. The van der Waals surface area contributed by atoms with Gasteiger partial charge in [0.1, 0.15) is 5.54 Å². The van der Waals surface area contributed by atoms with Crippen LogP contribution in [0.15, 0.2) is 0 Å². The van der Waals surface area contributed by atoms with Crippen LogP contribution in [0.3, 0.4) is 0 Å². The maximum atomic E-state index is 12.6. The Kier molecular flexibility index (Phi) is 8.34. The second-order valence-electron chi connectivity index (χ2n) is 7.01. The molecule has 2 aliphatic carbocycles. The Hall–Kier alpha value is -0.810. The molecule has 0 heterocycles. The quantitative estimate of drug-likeness (QED) is 0.690. The molecule has 0 aromatic rings. The number of carbonyl (C=O) groups is 2. The van der Waals surface area contributed by atoms with E-state index in [2.05, 4.69) is 10.6 Å². The molecule has 23 heavy (non-hydrogen) atoms. The molecule has 2 fully saturated rings. The van der Waals surface area contributed by atoms with Crippen molar-refractivity contribution in [3.63, 3.8) is 0 Å². The molecule has 5 nitrogen and oxygen atoms in total. The summed E-state index contributed by atoms with van der Waals surface area (Å²) in [6.45, 7) is 2.71. The maximum absolute atomic E-state index is 12.6. The van der Waals surface area contributed by atoms with Gasteiger partial charge in [-0.25, -0.2) is 0 Å². The summed E-state index contributed by atoms with van der Waals surface area (Å²) in [6, 6.07) is 0.141. The average Bonchev–Trinajstić information content (AvgIpc) is 2.90. The van der Waals surface area contributed by atoms with Crippen molar-refractivity contribution in [1.29, 1.82) is 0 Å². The molecule has 2 amide bonds. The third kappa shape index (κ3) is 5.35. The third-order valence-corrected chi connectivity index (χ3v) is 5.22. The zero-order valence-corrected chi connectivity index (χ0v) is 15.1. The molecular weight excluding hydrogens is 314 g/mol. The van der Waals surface area contributed by atoms with Crippen LogP contribution in [0, 0.1) is 5.92 Å². The largest absolute Gasteiger partial charge is 0.354 e. The smallest absolute Gasteiger partial charge is 0.245 e. The van der Waals surface area contributed by atoms with Gasteiger partial charge in [-0.3, -0.25) is 9.59 Å². The summed E-state index contributed by atoms with van der Waals surface area (Å²) in [5, 5.41) is 6.05. The molecule has 0 spiro atoms. The molecule has 0 bridgehead atoms. The number of amides is 2. The highest BCUT2D eigenvalue weighted by molar-refractivity contribution is 5.91. The monoisotopic (exact) mass is 345 g/mol. The number of hydrogen-bond donors (Lipinski definition) is 3. The van der Waals surface area contributed by atoms with E-state index in [1.165, 1.54) is 0 Å². The molecule has 0 saturated heterocycles. The van der Waals surface area contributed by atoms with Gasteiger partial charge in [-0.05, 0) is 38.0 Å². The van der Waals surface area contributed by atoms with Gasteiger partial charge >= 0.3 is 0 Å². The number of nitrogens with one attached hydrogen (secondary N) is 2. The minimum Gasteiger partial charge on any atom is -0.354 e. The molecular formula is C17H32ClN3O2. The van der Waals surface area contributed by atoms with Crippen molar-refractivity contribution in [2.24, 2.45) is 11.7 Å². The minimum atomic E-state index is -0.687. The molecule has 2 saturated carbocycles. The maximum Gasteiger partial charge on any atom is 0.245 e. The van der Waals surface area contributed by atoms with Gasteiger partial charge in [-0.1, -0.05) is 32.6 Å². The Morgan fingerprint density at radius 2 is 1.83 bits per heavy atom. The van der Waals surface area contributed by atoms with Gasteiger partial charge in [0, 0.05) is 19.0 Å². The molecule has 134 valence electrons. The standard InChI is InChI=1S/C17H31N3O2.ClH/c1-2-11-19-16(22)17(9-4-3-5-10-17)20-15(21)12-13-7-6-8-14(13)18;/h13-14H,2-12,18H2,1H3,(H,19,22)(H,20,21);1H/t13-,14+;/m0./s1. The van der Waals surface area contributed by atoms with E-state index >= 15 is 0 Å². The second-order valence-corrected chi connectivity index (χ2v) is 7.01. The van der Waals surface area contributed by atoms with Crippen molar-refractivity contribution in [2.75, 3.05) is 6.54 Å². The van der Waals surface area contributed by atoms with Crippen molar-refractivity contribution in [3.8, 4) is 0 Å². The van der Waals surface area contributed by atoms with Crippen LogP contribution in [-0.2, 0) is 9.59 Å². The van der Waals surface area contributed by atoms with Crippen molar-refractivity contribution in [2.45, 2.75) is 82.7 Å². The normalized spacial score (nSPS) is 26.2. The summed E-state index contributed by atoms with van der Waals surface area (Å²) in [5.41, 5.74) is 5.37. The lowest BCUT2D eigenvalue weighted by Gasteiger charge is -2.37. The molecule has 0 unspecified atom stereocenters. The van der Waals surface area contributed by atoms with Crippen molar-refractivity contribution < 1.29 is 9.59 Å². The SMILES string of the molecule is CCCNC(=O)C1(NC(=O)C[C@@H]2CCC[C@H]2N)CCCCC1.Cl. The van der Waals surface area contributed by atoms with Gasteiger partial charge in [0.2, 0.25) is 11.8 Å². The van der Waals surface area contributed by atoms with Crippen LogP contribution in [0.5, 0.6) is 0 Å². The highest BCUT2D eigenvalue weighted by atomic mass is 35.5. The number of carbonyl (C=O) groups excluding carboxylic acids is 2. The zero-order valence-electron chi connectivity index (χ0n) is 14.2. The van der Waals surface area contributed by atoms with E-state index in [0.717, 1.165) is 57.8 Å². The predicted octanol–water partition coefficient (Wildman–Crippen LogP) is 2.27. The van der Waals surface area contributed by atoms with Crippen LogP contribution in [-0.4, -0.2) is 29.9 Å². The van der Waals surface area contributed by atoms with E-state index < -0.39 is 5.54 Å². The first kappa shape index (κ1) is 20.2. The predicted molar refractivity (Wildman–Crippen MR) is 94.4 cm³/mol. The van der Waals surface area contributed by atoms with Gasteiger partial charge in [0.05, 0.1) is 0 Å². The molecule has 0 aromatic heterocycles. The van der Waals surface area contributed by atoms with Crippen LogP contribution in [0.25, 0.3) is 0 Å². The third-order valence-electron chi connectivity index (χ3n) is 5.22. The summed E-state index contributed by atoms with van der Waals surface area (Å²) in [7, 11) is 0. The number of rotatable bonds is 6. The van der Waals surface area contributed by atoms with Crippen LogP contribution in [0.4, 0.5) is 0 Å². The fraction of sp³-hybridized carbons (Fsp3) is 0.882. The lowest BCUT2D eigenvalue weighted by Crippen LogP contribution is -2.60. The van der Waals surface area contributed by atoms with Gasteiger partial charge in [-0.15, -0.1) is 12.4 Å². The highest BCUT2D eigenvalue weighted by Gasteiger charge is 2.41. The van der Waals surface area contributed by atoms with E-state index in [9.17, 15) is 9.59 Å². The van der Waals surface area contributed by atoms with E-state index in [0.29, 0.717) is 13.0 Å². The first-order chi connectivity index (χ1) is 10.6. The van der Waals surface area contributed by atoms with E-state index in [-0.39, 0.29) is 36.2 Å². The van der Waals surface area contributed by atoms with Crippen LogP contribution in [0.1, 0.15) is 71.1 Å². The Labute approximate surface area is 145 Å². The highest BCUT2D eigenvalue weighted by Crippen LogP contribution is 2.30. The minimum absolute atomic E-state index is 0. The van der Waals surface area contributed by atoms with Gasteiger partial charge in [0.25, 0.3) is 0 Å². The fourth-order valence-electron chi connectivity index (χ4n) is 3.85. The topological polar surface area (TPSA) is 84.2 Å². The Morgan fingerprint density at radius 3 is 2.39 bits per heavy atom. The number of hydrogen-bond acceptors (Lipinski definition) is 3. The summed E-state index contributed by atoms with van der Waals surface area (Å²) in [4.78, 5) is 25.0. The van der Waals surface area contributed by atoms with Gasteiger partial charge in [-0.2, -0.15) is 0 Å². The molecule has 0 radical (unpaired) electrons. The molecule has 6 heteroatoms.